The third-order valence-electron chi connectivity index (χ3n) is 5.29. The summed E-state index contributed by atoms with van der Waals surface area (Å²) in [6.45, 7) is 1.57. The lowest BCUT2D eigenvalue weighted by atomic mass is 9.77. The normalized spacial score (nSPS) is 20.9. The predicted molar refractivity (Wildman–Crippen MR) is 99.6 cm³/mol. The van der Waals surface area contributed by atoms with Gasteiger partial charge in [0, 0.05) is 18.4 Å². The fourth-order valence-corrected chi connectivity index (χ4v) is 4.04. The monoisotopic (exact) mass is 350 g/mol. The van der Waals surface area contributed by atoms with E-state index >= 15 is 0 Å². The molecule has 0 saturated heterocycles. The van der Waals surface area contributed by atoms with Gasteiger partial charge in [0.2, 0.25) is 5.91 Å². The van der Waals surface area contributed by atoms with Crippen LogP contribution in [0.1, 0.15) is 36.1 Å². The zero-order chi connectivity index (χ0) is 18.3. The third-order valence-corrected chi connectivity index (χ3v) is 5.29. The van der Waals surface area contributed by atoms with Crippen LogP contribution in [0.15, 0.2) is 47.6 Å². The number of fused-ring (bicyclic) bond motifs is 3. The molecule has 2 aromatic rings. The average Bonchev–Trinajstić information content (AvgIpc) is 3.08. The molecule has 0 aromatic heterocycles. The molecule has 0 saturated carbocycles. The van der Waals surface area contributed by atoms with E-state index in [1.165, 1.54) is 5.56 Å². The summed E-state index contributed by atoms with van der Waals surface area (Å²) in [6.07, 6.45) is 1.93. The van der Waals surface area contributed by atoms with Crippen LogP contribution in [0, 0.1) is 5.92 Å². The van der Waals surface area contributed by atoms with Crippen molar-refractivity contribution in [3.8, 4) is 11.5 Å². The lowest BCUT2D eigenvalue weighted by Crippen LogP contribution is -2.31. The number of hydrazone groups is 1. The van der Waals surface area contributed by atoms with E-state index in [4.69, 9.17) is 14.6 Å². The highest BCUT2D eigenvalue weighted by Crippen LogP contribution is 2.44. The first-order valence-electron chi connectivity index (χ1n) is 8.82. The van der Waals surface area contributed by atoms with E-state index in [1.54, 1.807) is 26.2 Å². The molecule has 0 radical (unpaired) electrons. The summed E-state index contributed by atoms with van der Waals surface area (Å²) >= 11 is 0. The summed E-state index contributed by atoms with van der Waals surface area (Å²) in [7, 11) is 3.32. The molecule has 1 aliphatic carbocycles. The molecule has 1 heterocycles. The van der Waals surface area contributed by atoms with Gasteiger partial charge < -0.3 is 9.47 Å². The van der Waals surface area contributed by atoms with Crippen LogP contribution in [-0.2, 0) is 11.2 Å². The van der Waals surface area contributed by atoms with Crippen molar-refractivity contribution in [2.24, 2.45) is 11.0 Å². The van der Waals surface area contributed by atoms with Gasteiger partial charge in [-0.2, -0.15) is 5.10 Å². The van der Waals surface area contributed by atoms with Crippen molar-refractivity contribution in [2.45, 2.75) is 25.8 Å². The number of ether oxygens (including phenoxy) is 2. The second kappa shape index (κ2) is 6.48. The van der Waals surface area contributed by atoms with Crippen LogP contribution in [0.4, 0.5) is 0 Å². The van der Waals surface area contributed by atoms with Gasteiger partial charge in [0.05, 0.1) is 26.0 Å². The minimum Gasteiger partial charge on any atom is -0.497 e. The Morgan fingerprint density at radius 1 is 1.12 bits per heavy atom. The van der Waals surface area contributed by atoms with E-state index in [1.807, 2.05) is 36.4 Å². The molecule has 5 heteroatoms. The van der Waals surface area contributed by atoms with E-state index in [0.29, 0.717) is 0 Å². The van der Waals surface area contributed by atoms with Crippen molar-refractivity contribution in [3.05, 3.63) is 59.2 Å². The van der Waals surface area contributed by atoms with Gasteiger partial charge in [-0.15, -0.1) is 0 Å². The summed E-state index contributed by atoms with van der Waals surface area (Å²) in [5.41, 5.74) is 4.38. The van der Waals surface area contributed by atoms with E-state index < -0.39 is 0 Å². The quantitative estimate of drug-likeness (QED) is 0.850. The fourth-order valence-electron chi connectivity index (χ4n) is 4.04. The number of hydrogen-bond acceptors (Lipinski definition) is 4. The Labute approximate surface area is 153 Å². The van der Waals surface area contributed by atoms with E-state index in [9.17, 15) is 4.79 Å². The van der Waals surface area contributed by atoms with Crippen molar-refractivity contribution in [2.75, 3.05) is 14.2 Å². The van der Waals surface area contributed by atoms with Gasteiger partial charge in [-0.3, -0.25) is 4.79 Å². The molecule has 0 N–H and O–H groups in total. The molecule has 2 atom stereocenters. The largest absolute Gasteiger partial charge is 0.497 e. The standard InChI is InChI=1S/C21H22N2O3/c1-13(24)23-21(15-5-4-6-16(11-15)25-2)18-10-8-14-7-9-17(26-3)12-19(14)20(18)22-23/h4-7,9,11-12,18,21H,8,10H2,1-3H3/t18-,21+/m1/s1. The molecular formula is C21H22N2O3. The zero-order valence-electron chi connectivity index (χ0n) is 15.2. The van der Waals surface area contributed by atoms with Gasteiger partial charge in [0.25, 0.3) is 0 Å². The molecule has 2 aliphatic rings. The smallest absolute Gasteiger partial charge is 0.240 e. The van der Waals surface area contributed by atoms with Crippen LogP contribution < -0.4 is 9.47 Å². The van der Waals surface area contributed by atoms with Crippen LogP contribution in [0.2, 0.25) is 0 Å². The lowest BCUT2D eigenvalue weighted by Gasteiger charge is -2.29. The third kappa shape index (κ3) is 2.64. The van der Waals surface area contributed by atoms with Gasteiger partial charge >= 0.3 is 0 Å². The van der Waals surface area contributed by atoms with Crippen molar-refractivity contribution in [1.82, 2.24) is 5.01 Å². The number of benzene rings is 2. The summed E-state index contributed by atoms with van der Waals surface area (Å²) in [4.78, 5) is 12.3. The maximum atomic E-state index is 12.3. The first-order chi connectivity index (χ1) is 12.6. The van der Waals surface area contributed by atoms with Crippen LogP contribution in [0.3, 0.4) is 0 Å². The number of carbonyl (C=O) groups is 1. The Bertz CT molecular complexity index is 891. The maximum absolute atomic E-state index is 12.3. The van der Waals surface area contributed by atoms with E-state index in [-0.39, 0.29) is 17.9 Å². The topological polar surface area (TPSA) is 51.1 Å². The number of hydrogen-bond donors (Lipinski definition) is 0. The zero-order valence-corrected chi connectivity index (χ0v) is 15.2. The highest BCUT2D eigenvalue weighted by molar-refractivity contribution is 6.07. The summed E-state index contributed by atoms with van der Waals surface area (Å²) < 4.78 is 10.8. The van der Waals surface area contributed by atoms with Crippen LogP contribution in [0.5, 0.6) is 11.5 Å². The number of amides is 1. The van der Waals surface area contributed by atoms with Crippen LogP contribution in [-0.4, -0.2) is 30.8 Å². The first kappa shape index (κ1) is 16.6. The van der Waals surface area contributed by atoms with Crippen LogP contribution in [0.25, 0.3) is 0 Å². The van der Waals surface area contributed by atoms with Crippen molar-refractivity contribution in [3.63, 3.8) is 0 Å². The number of nitrogens with zero attached hydrogens (tertiary/aromatic N) is 2. The average molecular weight is 350 g/mol. The summed E-state index contributed by atoms with van der Waals surface area (Å²) in [5.74, 6) is 1.72. The Balaban J connectivity index is 1.80. The highest BCUT2D eigenvalue weighted by Gasteiger charge is 2.43. The molecule has 2 aromatic carbocycles. The van der Waals surface area contributed by atoms with Gasteiger partial charge in [-0.05, 0) is 48.2 Å². The molecule has 1 aliphatic heterocycles. The molecule has 134 valence electrons. The SMILES string of the molecule is COc1cccc([C@H]2[C@@H]3CCc4ccc(OC)cc4C3=NN2C(C)=O)c1. The second-order valence-corrected chi connectivity index (χ2v) is 6.74. The number of methoxy groups -OCH3 is 2. The molecule has 4 rings (SSSR count). The van der Waals surface area contributed by atoms with Crippen LogP contribution >= 0.6 is 0 Å². The predicted octanol–water partition coefficient (Wildman–Crippen LogP) is 3.57. The molecule has 26 heavy (non-hydrogen) atoms. The van der Waals surface area contributed by atoms with Gasteiger partial charge in [-0.25, -0.2) is 5.01 Å². The minimum atomic E-state index is -0.100. The number of aryl methyl sites for hydroxylation is 1. The molecule has 0 unspecified atom stereocenters. The molecule has 0 bridgehead atoms. The molecule has 0 fully saturated rings. The molecular weight excluding hydrogens is 328 g/mol. The fraction of sp³-hybridized carbons (Fsp3) is 0.333. The lowest BCUT2D eigenvalue weighted by molar-refractivity contribution is -0.131. The molecule has 1 amide bonds. The summed E-state index contributed by atoms with van der Waals surface area (Å²) in [5, 5.41) is 6.37. The van der Waals surface area contributed by atoms with Gasteiger partial charge in [0.15, 0.2) is 0 Å². The molecule has 5 nitrogen and oxygen atoms in total. The second-order valence-electron chi connectivity index (χ2n) is 6.74. The number of rotatable bonds is 3. The highest BCUT2D eigenvalue weighted by atomic mass is 16.5. The van der Waals surface area contributed by atoms with Gasteiger partial charge in [0.1, 0.15) is 11.5 Å². The van der Waals surface area contributed by atoms with E-state index in [0.717, 1.165) is 41.2 Å². The van der Waals surface area contributed by atoms with Crippen molar-refractivity contribution in [1.29, 1.82) is 0 Å². The Kier molecular flexibility index (Phi) is 4.15. The van der Waals surface area contributed by atoms with Gasteiger partial charge in [-0.1, -0.05) is 18.2 Å². The van der Waals surface area contributed by atoms with E-state index in [2.05, 4.69) is 6.07 Å². The number of carbonyl (C=O) groups excluding carboxylic acids is 1. The minimum absolute atomic E-state index is 0.0517. The van der Waals surface area contributed by atoms with Crippen molar-refractivity contribution >= 4 is 11.6 Å². The maximum Gasteiger partial charge on any atom is 0.240 e. The Morgan fingerprint density at radius 2 is 1.88 bits per heavy atom. The Morgan fingerprint density at radius 3 is 2.62 bits per heavy atom. The first-order valence-corrected chi connectivity index (χ1v) is 8.82. The molecule has 0 spiro atoms. The van der Waals surface area contributed by atoms with Crippen molar-refractivity contribution < 1.29 is 14.3 Å². The Hall–Kier alpha value is -2.82. The summed E-state index contributed by atoms with van der Waals surface area (Å²) in [6, 6.07) is 13.9.